The summed E-state index contributed by atoms with van der Waals surface area (Å²) >= 11 is 1.61. The Bertz CT molecular complexity index is 566. The zero-order valence-corrected chi connectivity index (χ0v) is 10.2. The van der Waals surface area contributed by atoms with E-state index in [4.69, 9.17) is 4.74 Å². The average molecular weight is 248 g/mol. The third kappa shape index (κ3) is 1.67. The number of hydrogen-bond acceptors (Lipinski definition) is 5. The second-order valence-electron chi connectivity index (χ2n) is 4.03. The summed E-state index contributed by atoms with van der Waals surface area (Å²) in [7, 11) is 1.44. The van der Waals surface area contributed by atoms with Crippen LogP contribution in [0.3, 0.4) is 0 Å². The molecule has 1 aromatic carbocycles. The van der Waals surface area contributed by atoms with Crippen LogP contribution in [0.15, 0.2) is 23.7 Å². The molecule has 4 nitrogen and oxygen atoms in total. The fraction of sp³-hybridized carbons (Fsp3) is 0.333. The monoisotopic (exact) mass is 248 g/mol. The van der Waals surface area contributed by atoms with Crippen LogP contribution in [0.2, 0.25) is 0 Å². The van der Waals surface area contributed by atoms with E-state index in [0.29, 0.717) is 0 Å². The fourth-order valence-corrected chi connectivity index (χ4v) is 2.81. The van der Waals surface area contributed by atoms with Crippen molar-refractivity contribution in [3.63, 3.8) is 0 Å². The second-order valence-corrected chi connectivity index (χ2v) is 4.91. The lowest BCUT2D eigenvalue weighted by Crippen LogP contribution is -2.53. The Kier molecular flexibility index (Phi) is 2.48. The molecule has 0 aliphatic carbocycles. The highest BCUT2D eigenvalue weighted by Crippen LogP contribution is 2.30. The van der Waals surface area contributed by atoms with Crippen LogP contribution in [0.4, 0.5) is 5.69 Å². The van der Waals surface area contributed by atoms with Crippen LogP contribution in [-0.2, 0) is 9.53 Å². The van der Waals surface area contributed by atoms with Crippen LogP contribution in [0, 0.1) is 0 Å². The first kappa shape index (κ1) is 10.5. The number of carbonyl (C=O) groups excluding carboxylic acids is 1. The first-order valence-corrected chi connectivity index (χ1v) is 6.35. The summed E-state index contributed by atoms with van der Waals surface area (Å²) in [5.74, 6) is -0.152. The third-order valence-corrected chi connectivity index (χ3v) is 3.93. The molecule has 0 amide bonds. The van der Waals surface area contributed by atoms with Crippen LogP contribution < -0.4 is 4.90 Å². The van der Waals surface area contributed by atoms with Gasteiger partial charge in [-0.3, -0.25) is 0 Å². The van der Waals surface area contributed by atoms with Crippen molar-refractivity contribution in [1.82, 2.24) is 4.98 Å². The number of esters is 1. The summed E-state index contributed by atoms with van der Waals surface area (Å²) in [5.41, 5.74) is 3.92. The van der Waals surface area contributed by atoms with Crippen molar-refractivity contribution in [2.75, 3.05) is 18.6 Å². The number of benzene rings is 1. The Labute approximate surface area is 103 Å². The van der Waals surface area contributed by atoms with Gasteiger partial charge in [-0.2, -0.15) is 0 Å². The van der Waals surface area contributed by atoms with Gasteiger partial charge in [0.2, 0.25) is 0 Å². The Hall–Kier alpha value is -1.62. The van der Waals surface area contributed by atoms with Gasteiger partial charge in [0, 0.05) is 12.2 Å². The molecule has 1 saturated heterocycles. The lowest BCUT2D eigenvalue weighted by Gasteiger charge is -2.40. The minimum absolute atomic E-state index is 0.120. The van der Waals surface area contributed by atoms with Crippen LogP contribution in [0.25, 0.3) is 10.2 Å². The van der Waals surface area contributed by atoms with Gasteiger partial charge in [-0.15, -0.1) is 11.3 Å². The summed E-state index contributed by atoms with van der Waals surface area (Å²) in [4.78, 5) is 17.8. The zero-order chi connectivity index (χ0) is 11.8. The van der Waals surface area contributed by atoms with E-state index in [-0.39, 0.29) is 12.0 Å². The van der Waals surface area contributed by atoms with Gasteiger partial charge in [0.05, 0.1) is 22.8 Å². The smallest absolute Gasteiger partial charge is 0.328 e. The maximum atomic E-state index is 11.5. The number of thiazole rings is 1. The van der Waals surface area contributed by atoms with E-state index in [1.54, 1.807) is 11.3 Å². The average Bonchev–Trinajstić information content (AvgIpc) is 2.74. The van der Waals surface area contributed by atoms with Crippen molar-refractivity contribution in [3.8, 4) is 0 Å². The van der Waals surface area contributed by atoms with Gasteiger partial charge in [-0.1, -0.05) is 0 Å². The molecule has 1 aromatic heterocycles. The van der Waals surface area contributed by atoms with Gasteiger partial charge in [-0.05, 0) is 24.6 Å². The van der Waals surface area contributed by atoms with Crippen molar-refractivity contribution in [2.24, 2.45) is 0 Å². The minimum atomic E-state index is -0.152. The molecule has 1 fully saturated rings. The van der Waals surface area contributed by atoms with Crippen LogP contribution in [0.1, 0.15) is 6.42 Å². The molecule has 0 N–H and O–H groups in total. The summed E-state index contributed by atoms with van der Waals surface area (Å²) in [6.07, 6.45) is 0.868. The van der Waals surface area contributed by atoms with Gasteiger partial charge in [0.1, 0.15) is 6.04 Å². The number of methoxy groups -OCH3 is 1. The van der Waals surface area contributed by atoms with Gasteiger partial charge in [0.25, 0.3) is 0 Å². The maximum Gasteiger partial charge on any atom is 0.328 e. The molecule has 1 unspecified atom stereocenters. The molecule has 2 aromatic rings. The second kappa shape index (κ2) is 4.00. The Balaban J connectivity index is 1.90. The van der Waals surface area contributed by atoms with E-state index in [2.05, 4.69) is 16.0 Å². The number of aromatic nitrogens is 1. The highest BCUT2D eigenvalue weighted by atomic mass is 32.1. The quantitative estimate of drug-likeness (QED) is 0.763. The Morgan fingerprint density at radius 2 is 2.47 bits per heavy atom. The predicted molar refractivity (Wildman–Crippen MR) is 67.4 cm³/mol. The van der Waals surface area contributed by atoms with E-state index in [1.165, 1.54) is 7.11 Å². The lowest BCUT2D eigenvalue weighted by molar-refractivity contribution is -0.143. The van der Waals surface area contributed by atoms with E-state index in [1.807, 2.05) is 17.6 Å². The highest BCUT2D eigenvalue weighted by Gasteiger charge is 2.35. The van der Waals surface area contributed by atoms with Crippen molar-refractivity contribution >= 4 is 33.2 Å². The van der Waals surface area contributed by atoms with Crippen molar-refractivity contribution in [2.45, 2.75) is 12.5 Å². The first-order chi connectivity index (χ1) is 8.29. The molecule has 1 aliphatic heterocycles. The highest BCUT2D eigenvalue weighted by molar-refractivity contribution is 7.16. The van der Waals surface area contributed by atoms with Crippen LogP contribution in [-0.4, -0.2) is 30.6 Å². The molecule has 2 heterocycles. The van der Waals surface area contributed by atoms with Gasteiger partial charge in [0.15, 0.2) is 0 Å². The molecule has 0 saturated carbocycles. The molecule has 3 rings (SSSR count). The SMILES string of the molecule is COC(=O)C1CCN1c1ccc2ncsc2c1. The molecule has 0 bridgehead atoms. The van der Waals surface area contributed by atoms with Crippen molar-refractivity contribution in [3.05, 3.63) is 23.7 Å². The maximum absolute atomic E-state index is 11.5. The number of rotatable bonds is 2. The summed E-state index contributed by atoms with van der Waals surface area (Å²) in [6, 6.07) is 5.97. The fourth-order valence-electron chi connectivity index (χ4n) is 2.10. The van der Waals surface area contributed by atoms with E-state index >= 15 is 0 Å². The van der Waals surface area contributed by atoms with Gasteiger partial charge < -0.3 is 9.64 Å². The summed E-state index contributed by atoms with van der Waals surface area (Å²) in [6.45, 7) is 0.907. The number of nitrogens with zero attached hydrogens (tertiary/aromatic N) is 2. The standard InChI is InChI=1S/C12H12N2O2S/c1-16-12(15)10-4-5-14(10)8-2-3-9-11(6-8)17-7-13-9/h2-3,6-7,10H,4-5H2,1H3. The van der Waals surface area contributed by atoms with Gasteiger partial charge >= 0.3 is 5.97 Å². The van der Waals surface area contributed by atoms with Gasteiger partial charge in [-0.25, -0.2) is 9.78 Å². The molecule has 0 spiro atoms. The molecular weight excluding hydrogens is 236 g/mol. The number of carbonyl (C=O) groups is 1. The molecule has 88 valence electrons. The Morgan fingerprint density at radius 1 is 1.59 bits per heavy atom. The van der Waals surface area contributed by atoms with Crippen molar-refractivity contribution in [1.29, 1.82) is 0 Å². The topological polar surface area (TPSA) is 42.4 Å². The van der Waals surface area contributed by atoms with Crippen LogP contribution in [0.5, 0.6) is 0 Å². The normalized spacial score (nSPS) is 19.1. The third-order valence-electron chi connectivity index (χ3n) is 3.14. The first-order valence-electron chi connectivity index (χ1n) is 5.47. The molecule has 0 radical (unpaired) electrons. The number of hydrogen-bond donors (Lipinski definition) is 0. The Morgan fingerprint density at radius 3 is 3.18 bits per heavy atom. The molecule has 1 atom stereocenters. The molecular formula is C12H12N2O2S. The number of fused-ring (bicyclic) bond motifs is 1. The zero-order valence-electron chi connectivity index (χ0n) is 9.42. The summed E-state index contributed by atoms with van der Waals surface area (Å²) < 4.78 is 5.94. The predicted octanol–water partition coefficient (Wildman–Crippen LogP) is 2.05. The molecule has 5 heteroatoms. The number of anilines is 1. The summed E-state index contributed by atoms with van der Waals surface area (Å²) in [5, 5.41) is 0. The van der Waals surface area contributed by atoms with Crippen LogP contribution >= 0.6 is 11.3 Å². The largest absolute Gasteiger partial charge is 0.467 e. The molecule has 1 aliphatic rings. The van der Waals surface area contributed by atoms with Crippen molar-refractivity contribution < 1.29 is 9.53 Å². The molecule has 17 heavy (non-hydrogen) atoms. The lowest BCUT2D eigenvalue weighted by atomic mass is 10.0. The number of ether oxygens (including phenoxy) is 1. The minimum Gasteiger partial charge on any atom is -0.467 e. The van der Waals surface area contributed by atoms with E-state index < -0.39 is 0 Å². The van der Waals surface area contributed by atoms with E-state index in [9.17, 15) is 4.79 Å². The van der Waals surface area contributed by atoms with E-state index in [0.717, 1.165) is 28.9 Å².